The van der Waals surface area contributed by atoms with E-state index in [0.29, 0.717) is 6.54 Å². The Morgan fingerprint density at radius 1 is 1.42 bits per heavy atom. The molecule has 0 spiro atoms. The van der Waals surface area contributed by atoms with Gasteiger partial charge in [-0.25, -0.2) is 0 Å². The van der Waals surface area contributed by atoms with Gasteiger partial charge in [0, 0.05) is 42.8 Å². The summed E-state index contributed by atoms with van der Waals surface area (Å²) < 4.78 is 1.80. The first kappa shape index (κ1) is 13.1. The van der Waals surface area contributed by atoms with Gasteiger partial charge in [-0.3, -0.25) is 14.9 Å². The summed E-state index contributed by atoms with van der Waals surface area (Å²) in [5.74, 6) is 0.0124. The van der Waals surface area contributed by atoms with E-state index in [1.54, 1.807) is 34.8 Å². The highest BCUT2D eigenvalue weighted by Gasteiger charge is 2.12. The number of rotatable bonds is 4. The van der Waals surface area contributed by atoms with Gasteiger partial charge in [-0.15, -0.1) is 0 Å². The summed E-state index contributed by atoms with van der Waals surface area (Å²) in [7, 11) is 1.75. The molecule has 0 unspecified atom stereocenters. The first-order valence-electron chi connectivity index (χ1n) is 6.00. The normalized spacial score (nSPS) is 10.6. The average Bonchev–Trinajstić information content (AvgIpc) is 2.80. The highest BCUT2D eigenvalue weighted by Crippen LogP contribution is 2.21. The van der Waals surface area contributed by atoms with Crippen molar-refractivity contribution in [3.05, 3.63) is 40.6 Å². The molecule has 1 heterocycles. The van der Waals surface area contributed by atoms with Crippen molar-refractivity contribution >= 4 is 22.5 Å². The number of hydrogen-bond donors (Lipinski definition) is 0. The summed E-state index contributed by atoms with van der Waals surface area (Å²) >= 11 is 0. The average molecular weight is 261 g/mol. The second-order valence-corrected chi connectivity index (χ2v) is 4.35. The summed E-state index contributed by atoms with van der Waals surface area (Å²) in [6, 6.07) is 6.42. The van der Waals surface area contributed by atoms with E-state index in [4.69, 9.17) is 0 Å². The number of nitro groups is 1. The number of likely N-dealkylation sites (N-methyl/N-ethyl adjacent to an activating group) is 1. The molecule has 6 heteroatoms. The quantitative estimate of drug-likeness (QED) is 0.624. The van der Waals surface area contributed by atoms with Crippen molar-refractivity contribution in [3.63, 3.8) is 0 Å². The lowest BCUT2D eigenvalue weighted by molar-refractivity contribution is -0.384. The largest absolute Gasteiger partial charge is 0.344 e. The maximum absolute atomic E-state index is 11.9. The zero-order valence-electron chi connectivity index (χ0n) is 10.9. The van der Waals surface area contributed by atoms with Gasteiger partial charge in [-0.2, -0.15) is 0 Å². The Bertz CT molecular complexity index is 633. The van der Waals surface area contributed by atoms with Crippen molar-refractivity contribution in [1.29, 1.82) is 0 Å². The minimum absolute atomic E-state index is 0.0124. The van der Waals surface area contributed by atoms with E-state index in [9.17, 15) is 14.9 Å². The third kappa shape index (κ3) is 2.57. The molecule has 19 heavy (non-hydrogen) atoms. The molecular formula is C13H15N3O3. The Hall–Kier alpha value is -2.37. The minimum Gasteiger partial charge on any atom is -0.344 e. The zero-order valence-corrected chi connectivity index (χ0v) is 10.9. The standard InChI is InChI=1S/C13H15N3O3/c1-3-14(2)13(17)9-15-7-6-10-8-11(16(18)19)4-5-12(10)15/h4-8H,3,9H2,1-2H3. The maximum atomic E-state index is 11.9. The van der Waals surface area contributed by atoms with Crippen LogP contribution < -0.4 is 0 Å². The van der Waals surface area contributed by atoms with Gasteiger partial charge in [0.2, 0.25) is 5.91 Å². The van der Waals surface area contributed by atoms with E-state index in [2.05, 4.69) is 0 Å². The third-order valence-corrected chi connectivity index (χ3v) is 3.17. The van der Waals surface area contributed by atoms with Crippen LogP contribution in [0.25, 0.3) is 10.9 Å². The molecule has 1 aromatic carbocycles. The Kier molecular flexibility index (Phi) is 3.50. The summed E-state index contributed by atoms with van der Waals surface area (Å²) in [5.41, 5.74) is 0.880. The van der Waals surface area contributed by atoms with Crippen LogP contribution in [-0.4, -0.2) is 33.9 Å². The maximum Gasteiger partial charge on any atom is 0.270 e. The fraction of sp³-hybridized carbons (Fsp3) is 0.308. The van der Waals surface area contributed by atoms with Gasteiger partial charge < -0.3 is 9.47 Å². The van der Waals surface area contributed by atoms with E-state index in [1.807, 2.05) is 6.92 Å². The van der Waals surface area contributed by atoms with E-state index in [0.717, 1.165) is 10.9 Å². The van der Waals surface area contributed by atoms with Gasteiger partial charge in [0.05, 0.1) is 4.92 Å². The number of fused-ring (bicyclic) bond motifs is 1. The Balaban J connectivity index is 2.31. The van der Waals surface area contributed by atoms with Crippen molar-refractivity contribution in [3.8, 4) is 0 Å². The molecular weight excluding hydrogens is 246 g/mol. The van der Waals surface area contributed by atoms with Crippen LogP contribution in [0.2, 0.25) is 0 Å². The van der Waals surface area contributed by atoms with Gasteiger partial charge in [0.1, 0.15) is 6.54 Å². The molecule has 2 rings (SSSR count). The number of nitrogens with zero attached hydrogens (tertiary/aromatic N) is 3. The number of carbonyl (C=O) groups excluding carboxylic acids is 1. The molecule has 0 bridgehead atoms. The molecule has 0 aliphatic heterocycles. The van der Waals surface area contributed by atoms with Gasteiger partial charge in [0.15, 0.2) is 0 Å². The van der Waals surface area contributed by atoms with E-state index >= 15 is 0 Å². The molecule has 1 amide bonds. The molecule has 6 nitrogen and oxygen atoms in total. The number of non-ortho nitro benzene ring substituents is 1. The molecule has 0 aliphatic carbocycles. The zero-order chi connectivity index (χ0) is 14.0. The van der Waals surface area contributed by atoms with Crippen LogP contribution in [0.1, 0.15) is 6.92 Å². The van der Waals surface area contributed by atoms with Gasteiger partial charge >= 0.3 is 0 Å². The summed E-state index contributed by atoms with van der Waals surface area (Å²) in [6.07, 6.45) is 1.77. The third-order valence-electron chi connectivity index (χ3n) is 3.17. The van der Waals surface area contributed by atoms with Crippen molar-refractivity contribution in [2.45, 2.75) is 13.5 Å². The van der Waals surface area contributed by atoms with Crippen molar-refractivity contribution in [2.75, 3.05) is 13.6 Å². The number of nitro benzene ring substituents is 1. The molecule has 0 radical (unpaired) electrons. The molecule has 0 N–H and O–H groups in total. The summed E-state index contributed by atoms with van der Waals surface area (Å²) in [6.45, 7) is 2.81. The number of amides is 1. The Labute approximate surface area is 110 Å². The Morgan fingerprint density at radius 2 is 2.16 bits per heavy atom. The van der Waals surface area contributed by atoms with E-state index in [1.165, 1.54) is 12.1 Å². The lowest BCUT2D eigenvalue weighted by atomic mass is 10.2. The predicted octanol–water partition coefficient (Wildman–Crippen LogP) is 2.03. The smallest absolute Gasteiger partial charge is 0.270 e. The lowest BCUT2D eigenvalue weighted by Gasteiger charge is -2.15. The highest BCUT2D eigenvalue weighted by atomic mass is 16.6. The molecule has 0 saturated heterocycles. The molecule has 2 aromatic rings. The molecule has 0 saturated carbocycles. The van der Waals surface area contributed by atoms with Crippen LogP contribution in [0.15, 0.2) is 30.5 Å². The lowest BCUT2D eigenvalue weighted by Crippen LogP contribution is -2.29. The monoisotopic (exact) mass is 261 g/mol. The van der Waals surface area contributed by atoms with Gasteiger partial charge in [-0.05, 0) is 19.1 Å². The fourth-order valence-electron chi connectivity index (χ4n) is 1.88. The van der Waals surface area contributed by atoms with Gasteiger partial charge in [0.25, 0.3) is 5.69 Å². The summed E-state index contributed by atoms with van der Waals surface area (Å²) in [5, 5.41) is 11.5. The molecule has 1 aromatic heterocycles. The first-order valence-corrected chi connectivity index (χ1v) is 6.00. The van der Waals surface area contributed by atoms with Crippen LogP contribution in [0, 0.1) is 10.1 Å². The molecule has 0 fully saturated rings. The summed E-state index contributed by atoms with van der Waals surface area (Å²) in [4.78, 5) is 23.8. The second kappa shape index (κ2) is 5.09. The fourth-order valence-corrected chi connectivity index (χ4v) is 1.88. The molecule has 100 valence electrons. The number of aromatic nitrogens is 1. The van der Waals surface area contributed by atoms with Crippen LogP contribution >= 0.6 is 0 Å². The van der Waals surface area contributed by atoms with Crippen LogP contribution in [0.4, 0.5) is 5.69 Å². The topological polar surface area (TPSA) is 68.4 Å². The van der Waals surface area contributed by atoms with Gasteiger partial charge in [-0.1, -0.05) is 0 Å². The van der Waals surface area contributed by atoms with Crippen LogP contribution in [0.5, 0.6) is 0 Å². The van der Waals surface area contributed by atoms with Crippen LogP contribution in [-0.2, 0) is 11.3 Å². The first-order chi connectivity index (χ1) is 9.02. The SMILES string of the molecule is CCN(C)C(=O)Cn1ccc2cc([N+](=O)[O-])ccc21. The molecule has 0 atom stereocenters. The molecule has 0 aliphatic rings. The van der Waals surface area contributed by atoms with E-state index in [-0.39, 0.29) is 18.1 Å². The number of benzene rings is 1. The van der Waals surface area contributed by atoms with Crippen molar-refractivity contribution in [2.24, 2.45) is 0 Å². The van der Waals surface area contributed by atoms with Crippen molar-refractivity contribution in [1.82, 2.24) is 9.47 Å². The Morgan fingerprint density at radius 3 is 2.79 bits per heavy atom. The minimum atomic E-state index is -0.424. The van der Waals surface area contributed by atoms with Crippen LogP contribution in [0.3, 0.4) is 0 Å². The van der Waals surface area contributed by atoms with E-state index < -0.39 is 4.92 Å². The highest BCUT2D eigenvalue weighted by molar-refractivity contribution is 5.84. The number of hydrogen-bond acceptors (Lipinski definition) is 3. The van der Waals surface area contributed by atoms with Crippen molar-refractivity contribution < 1.29 is 9.72 Å². The number of carbonyl (C=O) groups is 1. The predicted molar refractivity (Wildman–Crippen MR) is 71.9 cm³/mol. The second-order valence-electron chi connectivity index (χ2n) is 4.35.